The van der Waals surface area contributed by atoms with Gasteiger partial charge in [0.1, 0.15) is 0 Å². The lowest BCUT2D eigenvalue weighted by atomic mass is 10.0. The van der Waals surface area contributed by atoms with Crippen molar-refractivity contribution in [2.24, 2.45) is 0 Å². The molecule has 0 atom stereocenters. The van der Waals surface area contributed by atoms with Crippen LogP contribution in [0.2, 0.25) is 0 Å². The van der Waals surface area contributed by atoms with E-state index in [9.17, 15) is 13.6 Å². The van der Waals surface area contributed by atoms with Crippen molar-refractivity contribution >= 4 is 22.4 Å². The number of amides is 1. The van der Waals surface area contributed by atoms with Gasteiger partial charge in [-0.3, -0.25) is 10.1 Å². The number of hydrogen-bond donors (Lipinski definition) is 1. The Bertz CT molecular complexity index is 1320. The monoisotopic (exact) mass is 447 g/mol. The fraction of sp³-hybridized carbons (Fsp3) is 0.0417. The predicted octanol–water partition coefficient (Wildman–Crippen LogP) is 5.89. The molecule has 0 aliphatic carbocycles. The molecule has 4 aromatic rings. The van der Waals surface area contributed by atoms with E-state index >= 15 is 0 Å². The van der Waals surface area contributed by atoms with E-state index in [1.54, 1.807) is 17.5 Å². The predicted molar refractivity (Wildman–Crippen MR) is 119 cm³/mol. The van der Waals surface area contributed by atoms with Gasteiger partial charge in [0.15, 0.2) is 22.5 Å². The summed E-state index contributed by atoms with van der Waals surface area (Å²) in [6, 6.07) is 18.9. The van der Waals surface area contributed by atoms with E-state index < -0.39 is 23.3 Å². The maximum Gasteiger partial charge on any atom is 0.257 e. The van der Waals surface area contributed by atoms with Crippen LogP contribution in [0, 0.1) is 23.0 Å². The van der Waals surface area contributed by atoms with Crippen LogP contribution in [0.5, 0.6) is 5.75 Å². The van der Waals surface area contributed by atoms with E-state index in [2.05, 4.69) is 21.1 Å². The quantitative estimate of drug-likeness (QED) is 0.414. The lowest BCUT2D eigenvalue weighted by Gasteiger charge is -2.07. The normalized spacial score (nSPS) is 10.4. The number of halogens is 2. The van der Waals surface area contributed by atoms with Crippen molar-refractivity contribution in [1.29, 1.82) is 5.26 Å². The maximum atomic E-state index is 13.9. The SMILES string of the molecule is COc1c(F)cc(C(=O)Nc2nc(-c3cccc(-c4ccc(C#N)cc4)c3)cs2)cc1F. The van der Waals surface area contributed by atoms with E-state index in [0.717, 1.165) is 35.9 Å². The molecule has 0 saturated carbocycles. The number of rotatable bonds is 5. The Morgan fingerprint density at radius 1 is 1.03 bits per heavy atom. The van der Waals surface area contributed by atoms with Gasteiger partial charge in [-0.2, -0.15) is 5.26 Å². The molecule has 5 nitrogen and oxygen atoms in total. The summed E-state index contributed by atoms with van der Waals surface area (Å²) in [7, 11) is 1.15. The molecule has 0 fully saturated rings. The number of benzene rings is 3. The molecule has 0 radical (unpaired) electrons. The molecule has 158 valence electrons. The number of nitrogens with one attached hydrogen (secondary N) is 1. The molecule has 1 aromatic heterocycles. The number of methoxy groups -OCH3 is 1. The molecule has 0 unspecified atom stereocenters. The lowest BCUT2D eigenvalue weighted by molar-refractivity contribution is 0.102. The molecule has 3 aromatic carbocycles. The Labute approximate surface area is 186 Å². The zero-order valence-electron chi connectivity index (χ0n) is 16.7. The van der Waals surface area contributed by atoms with Crippen molar-refractivity contribution in [2.75, 3.05) is 12.4 Å². The minimum atomic E-state index is -0.961. The Kier molecular flexibility index (Phi) is 5.92. The summed E-state index contributed by atoms with van der Waals surface area (Å²) in [6.07, 6.45) is 0. The van der Waals surface area contributed by atoms with Crippen LogP contribution in [0.1, 0.15) is 15.9 Å². The average molecular weight is 447 g/mol. The van der Waals surface area contributed by atoms with Crippen LogP contribution in [0.15, 0.2) is 66.0 Å². The van der Waals surface area contributed by atoms with Crippen LogP contribution in [0.25, 0.3) is 22.4 Å². The van der Waals surface area contributed by atoms with Crippen molar-refractivity contribution < 1.29 is 18.3 Å². The molecule has 4 rings (SSSR count). The van der Waals surface area contributed by atoms with Gasteiger partial charge in [-0.05, 0) is 41.5 Å². The first kappa shape index (κ1) is 21.2. The minimum Gasteiger partial charge on any atom is -0.491 e. The van der Waals surface area contributed by atoms with Crippen LogP contribution >= 0.6 is 11.3 Å². The lowest BCUT2D eigenvalue weighted by Crippen LogP contribution is -2.13. The third-order valence-corrected chi connectivity index (χ3v) is 5.45. The molecule has 0 saturated heterocycles. The van der Waals surface area contributed by atoms with Gasteiger partial charge in [0.2, 0.25) is 0 Å². The van der Waals surface area contributed by atoms with Gasteiger partial charge in [-0.1, -0.05) is 30.3 Å². The van der Waals surface area contributed by atoms with Crippen LogP contribution in [-0.4, -0.2) is 18.0 Å². The molecule has 1 N–H and O–H groups in total. The van der Waals surface area contributed by atoms with E-state index in [0.29, 0.717) is 16.4 Å². The first-order valence-corrected chi connectivity index (χ1v) is 10.3. The van der Waals surface area contributed by atoms with Gasteiger partial charge < -0.3 is 4.74 Å². The molecular formula is C24H15F2N3O2S. The van der Waals surface area contributed by atoms with Crippen molar-refractivity contribution in [3.8, 4) is 34.2 Å². The molecular weight excluding hydrogens is 432 g/mol. The Morgan fingerprint density at radius 2 is 1.72 bits per heavy atom. The molecule has 0 spiro atoms. The number of thiazole rings is 1. The fourth-order valence-electron chi connectivity index (χ4n) is 3.11. The number of carbonyl (C=O) groups excluding carboxylic acids is 1. The van der Waals surface area contributed by atoms with Gasteiger partial charge in [0.05, 0.1) is 24.4 Å². The number of aromatic nitrogens is 1. The number of carbonyl (C=O) groups is 1. The summed E-state index contributed by atoms with van der Waals surface area (Å²) in [5.41, 5.74) is 3.80. The highest BCUT2D eigenvalue weighted by atomic mass is 32.1. The van der Waals surface area contributed by atoms with Crippen LogP contribution < -0.4 is 10.1 Å². The third kappa shape index (κ3) is 4.33. The van der Waals surface area contributed by atoms with Crippen molar-refractivity contribution in [2.45, 2.75) is 0 Å². The number of hydrogen-bond acceptors (Lipinski definition) is 5. The average Bonchev–Trinajstić information content (AvgIpc) is 3.27. The van der Waals surface area contributed by atoms with Crippen LogP contribution in [0.3, 0.4) is 0 Å². The number of ether oxygens (including phenoxy) is 1. The second kappa shape index (κ2) is 8.96. The van der Waals surface area contributed by atoms with Crippen molar-refractivity contribution in [1.82, 2.24) is 4.98 Å². The maximum absolute atomic E-state index is 13.9. The van der Waals surface area contributed by atoms with Gasteiger partial charge in [-0.15, -0.1) is 11.3 Å². The zero-order chi connectivity index (χ0) is 22.7. The Hall–Kier alpha value is -4.09. The molecule has 0 aliphatic heterocycles. The number of nitriles is 1. The number of anilines is 1. The summed E-state index contributed by atoms with van der Waals surface area (Å²) in [5, 5.41) is 13.6. The van der Waals surface area contributed by atoms with E-state index in [4.69, 9.17) is 5.26 Å². The molecule has 32 heavy (non-hydrogen) atoms. The second-order valence-electron chi connectivity index (χ2n) is 6.74. The minimum absolute atomic E-state index is 0.180. The molecule has 0 aliphatic rings. The largest absolute Gasteiger partial charge is 0.491 e. The molecule has 1 amide bonds. The van der Waals surface area contributed by atoms with E-state index in [1.165, 1.54) is 11.3 Å². The Morgan fingerprint density at radius 3 is 2.38 bits per heavy atom. The van der Waals surface area contributed by atoms with E-state index in [-0.39, 0.29) is 5.56 Å². The summed E-state index contributed by atoms with van der Waals surface area (Å²) in [4.78, 5) is 16.8. The molecule has 0 bridgehead atoms. The van der Waals surface area contributed by atoms with Gasteiger partial charge in [0.25, 0.3) is 5.91 Å². The van der Waals surface area contributed by atoms with Crippen LogP contribution in [-0.2, 0) is 0 Å². The summed E-state index contributed by atoms with van der Waals surface area (Å²) < 4.78 is 32.4. The molecule has 1 heterocycles. The highest BCUT2D eigenvalue weighted by Gasteiger charge is 2.17. The first-order valence-electron chi connectivity index (χ1n) is 9.39. The Balaban J connectivity index is 1.54. The van der Waals surface area contributed by atoms with Gasteiger partial charge in [-0.25, -0.2) is 13.8 Å². The highest BCUT2D eigenvalue weighted by Crippen LogP contribution is 2.30. The second-order valence-corrected chi connectivity index (χ2v) is 7.59. The topological polar surface area (TPSA) is 75.0 Å². The smallest absolute Gasteiger partial charge is 0.257 e. The third-order valence-electron chi connectivity index (χ3n) is 4.69. The van der Waals surface area contributed by atoms with Gasteiger partial charge in [0, 0.05) is 16.5 Å². The van der Waals surface area contributed by atoms with Crippen molar-refractivity contribution in [3.05, 3.63) is 88.8 Å². The first-order chi connectivity index (χ1) is 15.5. The standard InChI is InChI=1S/C24H15F2N3O2S/c1-31-22-19(25)10-18(11-20(22)26)23(30)29-24-28-21(13-32-24)17-4-2-3-16(9-17)15-7-5-14(12-27)6-8-15/h2-11,13H,1H3,(H,28,29,30). The fourth-order valence-corrected chi connectivity index (χ4v) is 3.83. The van der Waals surface area contributed by atoms with Crippen LogP contribution in [0.4, 0.5) is 13.9 Å². The summed E-state index contributed by atoms with van der Waals surface area (Å²) >= 11 is 1.20. The zero-order valence-corrected chi connectivity index (χ0v) is 17.5. The highest BCUT2D eigenvalue weighted by molar-refractivity contribution is 7.14. The van der Waals surface area contributed by atoms with Crippen molar-refractivity contribution in [3.63, 3.8) is 0 Å². The van der Waals surface area contributed by atoms with Gasteiger partial charge >= 0.3 is 0 Å². The summed E-state index contributed by atoms with van der Waals surface area (Å²) in [6.45, 7) is 0. The molecule has 8 heteroatoms. The summed E-state index contributed by atoms with van der Waals surface area (Å²) in [5.74, 6) is -3.15. The number of nitrogens with zero attached hydrogens (tertiary/aromatic N) is 2. The van der Waals surface area contributed by atoms with E-state index in [1.807, 2.05) is 36.4 Å².